The Kier molecular flexibility index (Phi) is 4.98. The normalized spacial score (nSPS) is 21.1. The van der Waals surface area contributed by atoms with E-state index in [-0.39, 0.29) is 24.9 Å². The monoisotopic (exact) mass is 419 g/mol. The van der Waals surface area contributed by atoms with E-state index in [9.17, 15) is 0 Å². The maximum Gasteiger partial charge on any atom is 0.231 e. The Balaban J connectivity index is 1.63. The van der Waals surface area contributed by atoms with Gasteiger partial charge in [0.1, 0.15) is 5.75 Å². The molecule has 1 N–H and O–H groups in total. The van der Waals surface area contributed by atoms with E-state index in [2.05, 4.69) is 18.3 Å². The van der Waals surface area contributed by atoms with Crippen LogP contribution < -0.4 is 29.0 Å². The molecule has 6 heteroatoms. The van der Waals surface area contributed by atoms with E-state index in [4.69, 9.17) is 23.7 Å². The van der Waals surface area contributed by atoms with Gasteiger partial charge in [0.25, 0.3) is 0 Å². The maximum absolute atomic E-state index is 6.44. The van der Waals surface area contributed by atoms with Gasteiger partial charge in [0, 0.05) is 34.7 Å². The SMILES string of the molecule is COc1cccc([C@H]2c3cc4c(cc3O[C@H](Nc3ccccc3)[C@H]2C)OCO4)c1OC. The fraction of sp³-hybridized carbons (Fsp3) is 0.280. The summed E-state index contributed by atoms with van der Waals surface area (Å²) in [7, 11) is 3.33. The summed E-state index contributed by atoms with van der Waals surface area (Å²) < 4.78 is 29.1. The Bertz CT molecular complexity index is 1080. The van der Waals surface area contributed by atoms with Gasteiger partial charge in [0.2, 0.25) is 6.79 Å². The Labute approximate surface area is 181 Å². The van der Waals surface area contributed by atoms with Gasteiger partial charge in [-0.2, -0.15) is 0 Å². The molecule has 0 fully saturated rings. The molecular formula is C25H25NO5. The fourth-order valence-electron chi connectivity index (χ4n) is 4.45. The number of hydrogen-bond donors (Lipinski definition) is 1. The standard InChI is InChI=1S/C25H25NO5/c1-15-23(17-10-7-11-19(27-2)24(17)28-3)18-12-21-22(30-14-29-21)13-20(18)31-25(15)26-16-8-5-4-6-9-16/h4-13,15,23,25-26H,14H2,1-3H3/t15-,23-,25-/m0/s1. The highest BCUT2D eigenvalue weighted by Gasteiger charge is 2.40. The lowest BCUT2D eigenvalue weighted by molar-refractivity contribution is 0.133. The van der Waals surface area contributed by atoms with Gasteiger partial charge in [-0.15, -0.1) is 0 Å². The minimum atomic E-state index is -0.254. The lowest BCUT2D eigenvalue weighted by Gasteiger charge is -2.39. The zero-order valence-corrected chi connectivity index (χ0v) is 17.8. The van der Waals surface area contributed by atoms with Crippen LogP contribution in [0.2, 0.25) is 0 Å². The van der Waals surface area contributed by atoms with E-state index in [1.165, 1.54) is 0 Å². The van der Waals surface area contributed by atoms with Crippen LogP contribution in [0.1, 0.15) is 24.0 Å². The lowest BCUT2D eigenvalue weighted by Crippen LogP contribution is -2.40. The number of benzene rings is 3. The van der Waals surface area contributed by atoms with Gasteiger partial charge >= 0.3 is 0 Å². The molecule has 3 atom stereocenters. The third-order valence-corrected chi connectivity index (χ3v) is 5.95. The van der Waals surface area contributed by atoms with Crippen molar-refractivity contribution < 1.29 is 23.7 Å². The molecule has 2 heterocycles. The minimum absolute atomic E-state index is 0.00971. The average molecular weight is 419 g/mol. The molecule has 0 saturated carbocycles. The highest BCUT2D eigenvalue weighted by atomic mass is 16.7. The predicted molar refractivity (Wildman–Crippen MR) is 118 cm³/mol. The molecule has 0 unspecified atom stereocenters. The van der Waals surface area contributed by atoms with Gasteiger partial charge in [0.05, 0.1) is 14.2 Å². The molecule has 0 bridgehead atoms. The molecule has 0 aromatic heterocycles. The molecule has 6 nitrogen and oxygen atoms in total. The largest absolute Gasteiger partial charge is 0.493 e. The number of ether oxygens (including phenoxy) is 5. The Morgan fingerprint density at radius 1 is 0.839 bits per heavy atom. The van der Waals surface area contributed by atoms with Crippen molar-refractivity contribution in [2.24, 2.45) is 5.92 Å². The highest BCUT2D eigenvalue weighted by molar-refractivity contribution is 5.60. The van der Waals surface area contributed by atoms with Gasteiger partial charge < -0.3 is 29.0 Å². The van der Waals surface area contributed by atoms with Crippen molar-refractivity contribution in [2.75, 3.05) is 26.3 Å². The molecule has 0 aliphatic carbocycles. The van der Waals surface area contributed by atoms with E-state index in [1.54, 1.807) is 14.2 Å². The topological polar surface area (TPSA) is 58.2 Å². The van der Waals surface area contributed by atoms with E-state index in [0.717, 1.165) is 34.1 Å². The van der Waals surface area contributed by atoms with Crippen LogP contribution in [0.15, 0.2) is 60.7 Å². The van der Waals surface area contributed by atoms with Gasteiger partial charge in [-0.25, -0.2) is 0 Å². The molecule has 3 aromatic carbocycles. The summed E-state index contributed by atoms with van der Waals surface area (Å²) in [6.45, 7) is 2.39. The van der Waals surface area contributed by atoms with Crippen molar-refractivity contribution in [3.63, 3.8) is 0 Å². The number of nitrogens with one attached hydrogen (secondary N) is 1. The highest BCUT2D eigenvalue weighted by Crippen LogP contribution is 2.51. The van der Waals surface area contributed by atoms with Gasteiger partial charge in [0.15, 0.2) is 29.2 Å². The van der Waals surface area contributed by atoms with Crippen LogP contribution in [-0.2, 0) is 0 Å². The van der Waals surface area contributed by atoms with E-state index in [1.807, 2.05) is 54.6 Å². The summed E-state index contributed by atoms with van der Waals surface area (Å²) >= 11 is 0. The minimum Gasteiger partial charge on any atom is -0.493 e. The first kappa shape index (κ1) is 19.4. The zero-order chi connectivity index (χ0) is 21.4. The van der Waals surface area contributed by atoms with Gasteiger partial charge in [-0.05, 0) is 24.3 Å². The zero-order valence-electron chi connectivity index (χ0n) is 17.8. The number of anilines is 1. The van der Waals surface area contributed by atoms with E-state index in [0.29, 0.717) is 11.5 Å². The summed E-state index contributed by atoms with van der Waals surface area (Å²) in [4.78, 5) is 0. The molecule has 5 rings (SSSR count). The molecule has 0 saturated heterocycles. The second-order valence-electron chi connectivity index (χ2n) is 7.71. The molecule has 2 aliphatic heterocycles. The first-order valence-electron chi connectivity index (χ1n) is 10.3. The summed E-state index contributed by atoms with van der Waals surface area (Å²) in [5.41, 5.74) is 3.08. The molecule has 0 spiro atoms. The van der Waals surface area contributed by atoms with Crippen molar-refractivity contribution in [2.45, 2.75) is 19.1 Å². The Morgan fingerprint density at radius 2 is 1.61 bits per heavy atom. The lowest BCUT2D eigenvalue weighted by atomic mass is 9.78. The van der Waals surface area contributed by atoms with Crippen LogP contribution in [0.3, 0.4) is 0 Å². The second-order valence-corrected chi connectivity index (χ2v) is 7.71. The number of para-hydroxylation sites is 2. The van der Waals surface area contributed by atoms with Crippen molar-refractivity contribution >= 4 is 5.69 Å². The average Bonchev–Trinajstić information content (AvgIpc) is 3.26. The number of rotatable bonds is 5. The quantitative estimate of drug-likeness (QED) is 0.626. The van der Waals surface area contributed by atoms with Crippen molar-refractivity contribution in [3.05, 3.63) is 71.8 Å². The fourth-order valence-corrected chi connectivity index (χ4v) is 4.45. The van der Waals surface area contributed by atoms with Crippen molar-refractivity contribution in [1.29, 1.82) is 0 Å². The summed E-state index contributed by atoms with van der Waals surface area (Å²) in [6, 6.07) is 20.0. The van der Waals surface area contributed by atoms with Gasteiger partial charge in [-0.1, -0.05) is 37.3 Å². The predicted octanol–water partition coefficient (Wildman–Crippen LogP) is 5.03. The van der Waals surface area contributed by atoms with Crippen LogP contribution in [0, 0.1) is 5.92 Å². The summed E-state index contributed by atoms with van der Waals surface area (Å²) in [6.07, 6.45) is -0.254. The number of fused-ring (bicyclic) bond motifs is 2. The molecule has 0 radical (unpaired) electrons. The molecular weight excluding hydrogens is 394 g/mol. The maximum atomic E-state index is 6.44. The van der Waals surface area contributed by atoms with Gasteiger partial charge in [-0.3, -0.25) is 0 Å². The van der Waals surface area contributed by atoms with Crippen LogP contribution in [-0.4, -0.2) is 27.2 Å². The molecule has 3 aromatic rings. The molecule has 2 aliphatic rings. The third-order valence-electron chi connectivity index (χ3n) is 5.95. The van der Waals surface area contributed by atoms with Crippen molar-refractivity contribution in [3.8, 4) is 28.7 Å². The van der Waals surface area contributed by atoms with E-state index >= 15 is 0 Å². The van der Waals surface area contributed by atoms with Crippen LogP contribution in [0.25, 0.3) is 0 Å². The second kappa shape index (κ2) is 7.95. The van der Waals surface area contributed by atoms with Crippen LogP contribution in [0.5, 0.6) is 28.7 Å². The van der Waals surface area contributed by atoms with Crippen molar-refractivity contribution in [1.82, 2.24) is 0 Å². The van der Waals surface area contributed by atoms with Crippen LogP contribution in [0.4, 0.5) is 5.69 Å². The third kappa shape index (κ3) is 3.38. The summed E-state index contributed by atoms with van der Waals surface area (Å²) in [5, 5.41) is 3.54. The van der Waals surface area contributed by atoms with E-state index < -0.39 is 0 Å². The Morgan fingerprint density at radius 3 is 2.35 bits per heavy atom. The van der Waals surface area contributed by atoms with Crippen LogP contribution >= 0.6 is 0 Å². The number of methoxy groups -OCH3 is 2. The molecule has 0 amide bonds. The first-order valence-corrected chi connectivity index (χ1v) is 10.3. The molecule has 31 heavy (non-hydrogen) atoms. The first-order chi connectivity index (χ1) is 15.2. The smallest absolute Gasteiger partial charge is 0.231 e. The Hall–Kier alpha value is -3.54. The number of hydrogen-bond acceptors (Lipinski definition) is 6. The molecule has 160 valence electrons. The summed E-state index contributed by atoms with van der Waals surface area (Å²) in [5.74, 6) is 3.70.